The molecule has 1 heterocycles. The van der Waals surface area contributed by atoms with Crippen molar-refractivity contribution in [3.63, 3.8) is 0 Å². The van der Waals surface area contributed by atoms with Crippen LogP contribution in [0.1, 0.15) is 24.8 Å². The zero-order valence-corrected chi connectivity index (χ0v) is 10.8. The lowest BCUT2D eigenvalue weighted by atomic mass is 9.86. The fraction of sp³-hybridized carbons (Fsp3) is 0.429. The molecule has 0 radical (unpaired) electrons. The van der Waals surface area contributed by atoms with E-state index in [1.165, 1.54) is 0 Å². The van der Waals surface area contributed by atoms with E-state index in [9.17, 15) is 4.79 Å². The molecule has 3 unspecified atom stereocenters. The van der Waals surface area contributed by atoms with Crippen LogP contribution in [0.15, 0.2) is 35.3 Å². The normalized spacial score (nSPS) is 30.7. The van der Waals surface area contributed by atoms with E-state index >= 15 is 0 Å². The Morgan fingerprint density at radius 2 is 2.06 bits per heavy atom. The second-order valence-corrected chi connectivity index (χ2v) is 6.10. The third kappa shape index (κ3) is 2.17. The Balaban J connectivity index is 1.75. The number of nitrogens with zero attached hydrogens (tertiary/aromatic N) is 1. The van der Waals surface area contributed by atoms with Crippen molar-refractivity contribution in [2.75, 3.05) is 0 Å². The first kappa shape index (κ1) is 11.8. The van der Waals surface area contributed by atoms with Crippen molar-refractivity contribution in [3.05, 3.63) is 35.9 Å². The van der Waals surface area contributed by atoms with Gasteiger partial charge in [-0.1, -0.05) is 30.3 Å². The van der Waals surface area contributed by atoms with Crippen molar-refractivity contribution in [2.24, 2.45) is 10.9 Å². The number of carbonyl (C=O) groups is 1. The standard InChI is InChI=1S/C14H15NO2S/c16-14(17)10-6-7-11-12(8-10)18-13(15-11)9-4-2-1-3-5-9/h1-5,10-12H,6-8H2,(H,16,17). The zero-order valence-electron chi connectivity index (χ0n) is 9.95. The number of hydrogen-bond donors (Lipinski definition) is 1. The van der Waals surface area contributed by atoms with Crippen LogP contribution in [-0.2, 0) is 4.79 Å². The third-order valence-electron chi connectivity index (χ3n) is 3.67. The molecule has 18 heavy (non-hydrogen) atoms. The summed E-state index contributed by atoms with van der Waals surface area (Å²) in [6, 6.07) is 10.5. The average Bonchev–Trinajstić information content (AvgIpc) is 2.82. The van der Waals surface area contributed by atoms with Gasteiger partial charge in [-0.25, -0.2) is 0 Å². The smallest absolute Gasteiger partial charge is 0.306 e. The molecule has 1 saturated carbocycles. The molecule has 0 bridgehead atoms. The van der Waals surface area contributed by atoms with E-state index in [1.807, 2.05) is 18.2 Å². The maximum atomic E-state index is 11.0. The van der Waals surface area contributed by atoms with Crippen molar-refractivity contribution in [3.8, 4) is 0 Å². The van der Waals surface area contributed by atoms with Gasteiger partial charge in [-0.3, -0.25) is 9.79 Å². The predicted octanol–water partition coefficient (Wildman–Crippen LogP) is 2.80. The number of hydrogen-bond acceptors (Lipinski definition) is 3. The van der Waals surface area contributed by atoms with Crippen LogP contribution in [0.2, 0.25) is 0 Å². The fourth-order valence-corrected chi connectivity index (χ4v) is 4.10. The highest BCUT2D eigenvalue weighted by Gasteiger charge is 2.38. The van der Waals surface area contributed by atoms with Gasteiger partial charge in [0.25, 0.3) is 0 Å². The Hall–Kier alpha value is -1.29. The second-order valence-electron chi connectivity index (χ2n) is 4.87. The maximum absolute atomic E-state index is 11.0. The first-order valence-corrected chi connectivity index (χ1v) is 7.14. The summed E-state index contributed by atoms with van der Waals surface area (Å²) in [5.41, 5.74) is 1.16. The minimum atomic E-state index is -0.651. The zero-order chi connectivity index (χ0) is 12.5. The first-order chi connectivity index (χ1) is 8.74. The molecule has 1 aliphatic carbocycles. The summed E-state index contributed by atoms with van der Waals surface area (Å²) < 4.78 is 0. The SMILES string of the molecule is O=C(O)C1CCC2N=C(c3ccccc3)SC2C1. The average molecular weight is 261 g/mol. The molecule has 2 aliphatic rings. The minimum Gasteiger partial charge on any atom is -0.481 e. The Labute approximate surface area is 110 Å². The van der Waals surface area contributed by atoms with Crippen LogP contribution >= 0.6 is 11.8 Å². The first-order valence-electron chi connectivity index (χ1n) is 6.27. The molecule has 0 saturated heterocycles. The Morgan fingerprint density at radius 3 is 2.78 bits per heavy atom. The molecular weight excluding hydrogens is 246 g/mol. The molecule has 3 atom stereocenters. The summed E-state index contributed by atoms with van der Waals surface area (Å²) in [5.74, 6) is -0.828. The van der Waals surface area contributed by atoms with Crippen LogP contribution in [0.25, 0.3) is 0 Å². The topological polar surface area (TPSA) is 49.7 Å². The van der Waals surface area contributed by atoms with Gasteiger partial charge in [0.1, 0.15) is 0 Å². The van der Waals surface area contributed by atoms with Crippen molar-refractivity contribution in [2.45, 2.75) is 30.6 Å². The molecule has 94 valence electrons. The summed E-state index contributed by atoms with van der Waals surface area (Å²) >= 11 is 1.76. The molecule has 3 rings (SSSR count). The van der Waals surface area contributed by atoms with Gasteiger partial charge in [-0.2, -0.15) is 0 Å². The van der Waals surface area contributed by atoms with Gasteiger partial charge >= 0.3 is 5.97 Å². The van der Waals surface area contributed by atoms with E-state index in [2.05, 4.69) is 12.1 Å². The molecule has 1 fully saturated rings. The van der Waals surface area contributed by atoms with Crippen molar-refractivity contribution in [1.82, 2.24) is 0 Å². The monoisotopic (exact) mass is 261 g/mol. The molecule has 1 aromatic carbocycles. The molecule has 4 heteroatoms. The van der Waals surface area contributed by atoms with Gasteiger partial charge < -0.3 is 5.11 Å². The summed E-state index contributed by atoms with van der Waals surface area (Å²) in [5, 5.41) is 10.5. The number of rotatable bonds is 2. The van der Waals surface area contributed by atoms with E-state index in [-0.39, 0.29) is 5.92 Å². The minimum absolute atomic E-state index is 0.177. The molecular formula is C14H15NO2S. The number of aliphatic carboxylic acids is 1. The van der Waals surface area contributed by atoms with E-state index in [0.717, 1.165) is 29.9 Å². The van der Waals surface area contributed by atoms with Crippen molar-refractivity contribution >= 4 is 22.8 Å². The number of aliphatic imine (C=N–C) groups is 1. The Bertz CT molecular complexity index is 486. The van der Waals surface area contributed by atoms with Gasteiger partial charge in [0, 0.05) is 10.8 Å². The van der Waals surface area contributed by atoms with Crippen LogP contribution in [0.5, 0.6) is 0 Å². The number of thioether (sulfide) groups is 1. The second kappa shape index (κ2) is 4.76. The largest absolute Gasteiger partial charge is 0.481 e. The summed E-state index contributed by atoms with van der Waals surface area (Å²) in [6.07, 6.45) is 2.43. The van der Waals surface area contributed by atoms with Crippen LogP contribution in [0.3, 0.4) is 0 Å². The molecule has 1 aliphatic heterocycles. The Kier molecular flexibility index (Phi) is 3.12. The van der Waals surface area contributed by atoms with Gasteiger partial charge in [0.05, 0.1) is 17.0 Å². The lowest BCUT2D eigenvalue weighted by Gasteiger charge is -2.27. The van der Waals surface area contributed by atoms with Gasteiger partial charge in [-0.05, 0) is 19.3 Å². The quantitative estimate of drug-likeness (QED) is 0.890. The van der Waals surface area contributed by atoms with Gasteiger partial charge in [0.2, 0.25) is 0 Å². The number of fused-ring (bicyclic) bond motifs is 1. The molecule has 1 N–H and O–H groups in total. The van der Waals surface area contributed by atoms with E-state index in [1.54, 1.807) is 11.8 Å². The molecule has 3 nitrogen and oxygen atoms in total. The number of carboxylic acid groups (broad SMARTS) is 1. The van der Waals surface area contributed by atoms with Crippen molar-refractivity contribution in [1.29, 1.82) is 0 Å². The predicted molar refractivity (Wildman–Crippen MR) is 73.1 cm³/mol. The Morgan fingerprint density at radius 1 is 1.28 bits per heavy atom. The van der Waals surface area contributed by atoms with Crippen LogP contribution in [-0.4, -0.2) is 27.4 Å². The van der Waals surface area contributed by atoms with Gasteiger partial charge in [0.15, 0.2) is 0 Å². The fourth-order valence-electron chi connectivity index (χ4n) is 2.66. The molecule has 0 spiro atoms. The summed E-state index contributed by atoms with van der Waals surface area (Å²) in [4.78, 5) is 15.8. The maximum Gasteiger partial charge on any atom is 0.306 e. The number of benzene rings is 1. The highest BCUT2D eigenvalue weighted by molar-refractivity contribution is 8.15. The highest BCUT2D eigenvalue weighted by Crippen LogP contribution is 2.41. The lowest BCUT2D eigenvalue weighted by molar-refractivity contribution is -0.142. The lowest BCUT2D eigenvalue weighted by Crippen LogP contribution is -2.31. The third-order valence-corrected chi connectivity index (χ3v) is 5.05. The van der Waals surface area contributed by atoms with E-state index < -0.39 is 5.97 Å². The number of carboxylic acids is 1. The van der Waals surface area contributed by atoms with E-state index in [4.69, 9.17) is 10.1 Å². The summed E-state index contributed by atoms with van der Waals surface area (Å²) in [6.45, 7) is 0. The highest BCUT2D eigenvalue weighted by atomic mass is 32.2. The van der Waals surface area contributed by atoms with Crippen LogP contribution < -0.4 is 0 Å². The molecule has 0 amide bonds. The molecule has 1 aromatic rings. The molecule has 0 aromatic heterocycles. The van der Waals surface area contributed by atoms with E-state index in [0.29, 0.717) is 11.3 Å². The summed E-state index contributed by atoms with van der Waals surface area (Å²) in [7, 11) is 0. The van der Waals surface area contributed by atoms with Crippen molar-refractivity contribution < 1.29 is 9.90 Å². The van der Waals surface area contributed by atoms with Crippen LogP contribution in [0, 0.1) is 5.92 Å². The van der Waals surface area contributed by atoms with Gasteiger partial charge in [-0.15, -0.1) is 11.8 Å². The van der Waals surface area contributed by atoms with Crippen LogP contribution in [0.4, 0.5) is 0 Å².